The Morgan fingerprint density at radius 3 is 2.12 bits per heavy atom. The molecule has 0 saturated heterocycles. The first-order valence-electron chi connectivity index (χ1n) is 10.2. The second-order valence-corrected chi connectivity index (χ2v) is 8.49. The first-order valence-corrected chi connectivity index (χ1v) is 11.2. The van der Waals surface area contributed by atoms with E-state index in [4.69, 9.17) is 0 Å². The summed E-state index contributed by atoms with van der Waals surface area (Å²) >= 11 is 2.12. The van der Waals surface area contributed by atoms with Crippen molar-refractivity contribution in [2.24, 2.45) is 0 Å². The summed E-state index contributed by atoms with van der Waals surface area (Å²) in [4.78, 5) is 0. The van der Waals surface area contributed by atoms with Crippen molar-refractivity contribution < 1.29 is 8.78 Å². The fraction of sp³-hybridized carbons (Fsp3) is 0. The average Bonchev–Trinajstić information content (AvgIpc) is 3.43. The maximum atomic E-state index is 13.3. The van der Waals surface area contributed by atoms with E-state index in [1.54, 1.807) is 12.1 Å². The van der Waals surface area contributed by atoms with Crippen molar-refractivity contribution in [3.8, 4) is 22.4 Å². The normalized spacial score (nSPS) is 10.9. The zero-order chi connectivity index (χ0) is 22.8. The van der Waals surface area contributed by atoms with Crippen molar-refractivity contribution in [2.75, 3.05) is 0 Å². The molecule has 0 radical (unpaired) electrons. The van der Waals surface area contributed by atoms with Crippen molar-refractivity contribution >= 4 is 44.4 Å². The molecule has 2 aromatic heterocycles. The van der Waals surface area contributed by atoms with E-state index in [-0.39, 0.29) is 11.6 Å². The standard InChI is InChI=1S/C19H13FN2.C7H4FIN2/c20-16-9-10-17-18(12-16)21-22-19(17)15-8-4-7-14(11-15)13-5-2-1-3-6-13;8-4-1-2-5-6(3-4)10-11-7(5)9/h1-12H,(H,21,22);1-3H,(H,10,11). The number of hydrogen-bond donors (Lipinski definition) is 2. The monoisotopic (exact) mass is 550 g/mol. The molecular weight excluding hydrogens is 533 g/mol. The Balaban J connectivity index is 0.000000174. The molecule has 2 N–H and O–H groups in total. The summed E-state index contributed by atoms with van der Waals surface area (Å²) in [7, 11) is 0. The number of nitrogens with zero attached hydrogens (tertiary/aromatic N) is 2. The lowest BCUT2D eigenvalue weighted by molar-refractivity contribution is 0.629. The first-order chi connectivity index (χ1) is 16.1. The van der Waals surface area contributed by atoms with E-state index in [0.717, 1.165) is 36.9 Å². The molecule has 0 aliphatic heterocycles. The molecule has 6 aromatic rings. The van der Waals surface area contributed by atoms with Crippen LogP contribution in [0.4, 0.5) is 8.78 Å². The van der Waals surface area contributed by atoms with Crippen LogP contribution in [0.3, 0.4) is 0 Å². The molecule has 2 heterocycles. The smallest absolute Gasteiger partial charge is 0.125 e. The lowest BCUT2D eigenvalue weighted by Crippen LogP contribution is -1.82. The Labute approximate surface area is 201 Å². The number of rotatable bonds is 2. The molecule has 0 aliphatic carbocycles. The zero-order valence-corrected chi connectivity index (χ0v) is 19.3. The minimum Gasteiger partial charge on any atom is -0.277 e. The Kier molecular flexibility index (Phi) is 5.87. The van der Waals surface area contributed by atoms with Gasteiger partial charge >= 0.3 is 0 Å². The third kappa shape index (κ3) is 4.49. The van der Waals surface area contributed by atoms with Gasteiger partial charge in [0, 0.05) is 22.4 Å². The van der Waals surface area contributed by atoms with Gasteiger partial charge in [-0.3, -0.25) is 10.2 Å². The Morgan fingerprint density at radius 1 is 0.606 bits per heavy atom. The Hall–Kier alpha value is -3.59. The van der Waals surface area contributed by atoms with Crippen LogP contribution < -0.4 is 0 Å². The molecule has 0 spiro atoms. The highest BCUT2D eigenvalue weighted by molar-refractivity contribution is 14.1. The van der Waals surface area contributed by atoms with Crippen molar-refractivity contribution in [2.45, 2.75) is 0 Å². The summed E-state index contributed by atoms with van der Waals surface area (Å²) in [6, 6.07) is 27.7. The van der Waals surface area contributed by atoms with Crippen LogP contribution in [0.1, 0.15) is 0 Å². The van der Waals surface area contributed by atoms with Gasteiger partial charge in [0.15, 0.2) is 0 Å². The van der Waals surface area contributed by atoms with Crippen molar-refractivity contribution in [3.05, 3.63) is 106 Å². The van der Waals surface area contributed by atoms with Gasteiger partial charge in [0.25, 0.3) is 0 Å². The number of benzene rings is 4. The van der Waals surface area contributed by atoms with Gasteiger partial charge in [-0.25, -0.2) is 8.78 Å². The molecular formula is C26H17F2IN4. The van der Waals surface area contributed by atoms with Crippen LogP contribution in [0.25, 0.3) is 44.2 Å². The molecule has 0 unspecified atom stereocenters. The molecule has 0 atom stereocenters. The number of halogens is 3. The Bertz CT molecular complexity index is 1560. The van der Waals surface area contributed by atoms with Gasteiger partial charge in [-0.15, -0.1) is 0 Å². The number of nitrogens with one attached hydrogen (secondary N) is 2. The van der Waals surface area contributed by atoms with E-state index < -0.39 is 0 Å². The highest BCUT2D eigenvalue weighted by Crippen LogP contribution is 2.30. The number of hydrogen-bond acceptors (Lipinski definition) is 2. The maximum Gasteiger partial charge on any atom is 0.125 e. The van der Waals surface area contributed by atoms with E-state index >= 15 is 0 Å². The van der Waals surface area contributed by atoms with E-state index in [1.807, 2.05) is 30.3 Å². The highest BCUT2D eigenvalue weighted by atomic mass is 127. The molecule has 33 heavy (non-hydrogen) atoms. The maximum absolute atomic E-state index is 13.3. The van der Waals surface area contributed by atoms with Crippen molar-refractivity contribution in [1.29, 1.82) is 0 Å². The van der Waals surface area contributed by atoms with Crippen LogP contribution in [0.2, 0.25) is 0 Å². The van der Waals surface area contributed by atoms with Crippen molar-refractivity contribution in [3.63, 3.8) is 0 Å². The largest absolute Gasteiger partial charge is 0.277 e. The molecule has 0 fully saturated rings. The van der Waals surface area contributed by atoms with Crippen LogP contribution in [-0.2, 0) is 0 Å². The lowest BCUT2D eigenvalue weighted by atomic mass is 10.0. The second kappa shape index (κ2) is 9.11. The molecule has 0 saturated carbocycles. The summed E-state index contributed by atoms with van der Waals surface area (Å²) < 4.78 is 26.8. The summed E-state index contributed by atoms with van der Waals surface area (Å²) in [6.07, 6.45) is 0. The lowest BCUT2D eigenvalue weighted by Gasteiger charge is -2.04. The zero-order valence-electron chi connectivity index (χ0n) is 17.2. The van der Waals surface area contributed by atoms with E-state index in [9.17, 15) is 8.78 Å². The van der Waals surface area contributed by atoms with Gasteiger partial charge in [0.1, 0.15) is 15.3 Å². The van der Waals surface area contributed by atoms with Crippen LogP contribution in [0, 0.1) is 15.3 Å². The number of H-pyrrole nitrogens is 2. The van der Waals surface area contributed by atoms with Crippen LogP contribution in [-0.4, -0.2) is 20.4 Å². The number of aromatic amines is 2. The quantitative estimate of drug-likeness (QED) is 0.222. The molecule has 4 aromatic carbocycles. The summed E-state index contributed by atoms with van der Waals surface area (Å²) in [5, 5.41) is 15.8. The SMILES string of the molecule is Fc1ccc2c(-c3cccc(-c4ccccc4)c3)n[nH]c2c1.Fc1ccc2c(I)[nH]nc2c1. The molecule has 4 nitrogen and oxygen atoms in total. The van der Waals surface area contributed by atoms with Crippen LogP contribution in [0.15, 0.2) is 91.0 Å². The molecule has 0 bridgehead atoms. The van der Waals surface area contributed by atoms with E-state index in [2.05, 4.69) is 67.3 Å². The van der Waals surface area contributed by atoms with Crippen LogP contribution in [0.5, 0.6) is 0 Å². The molecule has 6 rings (SSSR count). The topological polar surface area (TPSA) is 57.4 Å². The highest BCUT2D eigenvalue weighted by Gasteiger charge is 2.09. The van der Waals surface area contributed by atoms with Gasteiger partial charge in [-0.1, -0.05) is 48.5 Å². The minimum absolute atomic E-state index is 0.250. The van der Waals surface area contributed by atoms with Gasteiger partial charge in [-0.05, 0) is 70.1 Å². The third-order valence-corrected chi connectivity index (χ3v) is 6.06. The van der Waals surface area contributed by atoms with Crippen molar-refractivity contribution in [1.82, 2.24) is 20.4 Å². The molecule has 162 valence electrons. The van der Waals surface area contributed by atoms with Gasteiger partial charge in [0.2, 0.25) is 0 Å². The van der Waals surface area contributed by atoms with Gasteiger partial charge in [-0.2, -0.15) is 10.2 Å². The predicted molar refractivity (Wildman–Crippen MR) is 136 cm³/mol. The molecule has 0 aliphatic rings. The van der Waals surface area contributed by atoms with Crippen LogP contribution >= 0.6 is 22.6 Å². The summed E-state index contributed by atoms with van der Waals surface area (Å²) in [5.41, 5.74) is 5.54. The summed E-state index contributed by atoms with van der Waals surface area (Å²) in [6.45, 7) is 0. The number of aromatic nitrogens is 4. The van der Waals surface area contributed by atoms with E-state index in [1.165, 1.54) is 24.3 Å². The average molecular weight is 550 g/mol. The molecule has 7 heteroatoms. The fourth-order valence-electron chi connectivity index (χ4n) is 3.64. The second-order valence-electron chi connectivity index (χ2n) is 7.41. The van der Waals surface area contributed by atoms with Gasteiger partial charge in [0.05, 0.1) is 16.7 Å². The summed E-state index contributed by atoms with van der Waals surface area (Å²) in [5.74, 6) is -0.513. The fourth-order valence-corrected chi connectivity index (χ4v) is 4.22. The minimum atomic E-state index is -0.263. The first kappa shape index (κ1) is 21.3. The molecule has 0 amide bonds. The number of fused-ring (bicyclic) bond motifs is 2. The predicted octanol–water partition coefficient (Wildman–Crippen LogP) is 7.34. The third-order valence-electron chi connectivity index (χ3n) is 5.24. The Morgan fingerprint density at radius 2 is 1.30 bits per heavy atom. The van der Waals surface area contributed by atoms with E-state index in [0.29, 0.717) is 11.0 Å². The van der Waals surface area contributed by atoms with Gasteiger partial charge < -0.3 is 0 Å².